The maximum absolute atomic E-state index is 13.8. The summed E-state index contributed by atoms with van der Waals surface area (Å²) in [6.45, 7) is 3.77. The molecular weight excluding hydrogens is 446 g/mol. The van der Waals surface area contributed by atoms with E-state index in [4.69, 9.17) is 19.9 Å². The number of benzene rings is 3. The molecule has 0 saturated carbocycles. The molecule has 0 spiro atoms. The fraction of sp³-hybridized carbons (Fsp3) is 0.259. The van der Waals surface area contributed by atoms with Crippen molar-refractivity contribution in [2.45, 2.75) is 26.4 Å². The van der Waals surface area contributed by atoms with E-state index in [-0.39, 0.29) is 25.0 Å². The van der Waals surface area contributed by atoms with Crippen LogP contribution < -0.4 is 25.3 Å². The van der Waals surface area contributed by atoms with Gasteiger partial charge in [0.1, 0.15) is 23.3 Å². The van der Waals surface area contributed by atoms with Crippen LogP contribution in [0.25, 0.3) is 0 Å². The number of fused-ring (bicyclic) bond motifs is 1. The summed E-state index contributed by atoms with van der Waals surface area (Å²) in [5.41, 5.74) is 10.1. The van der Waals surface area contributed by atoms with Crippen molar-refractivity contribution in [1.82, 2.24) is 4.90 Å². The van der Waals surface area contributed by atoms with Crippen LogP contribution in [-0.4, -0.2) is 37.5 Å². The third-order valence-corrected chi connectivity index (χ3v) is 6.12. The van der Waals surface area contributed by atoms with Gasteiger partial charge in [-0.1, -0.05) is 12.1 Å². The van der Waals surface area contributed by atoms with Crippen LogP contribution in [0.4, 0.5) is 11.4 Å². The van der Waals surface area contributed by atoms with E-state index in [9.17, 15) is 9.59 Å². The monoisotopic (exact) mass is 475 g/mol. The number of hydrogen-bond acceptors (Lipinski definition) is 6. The van der Waals surface area contributed by atoms with Crippen LogP contribution in [0.5, 0.6) is 17.2 Å². The second-order valence-corrected chi connectivity index (χ2v) is 8.44. The van der Waals surface area contributed by atoms with Crippen LogP contribution in [-0.2, 0) is 16.1 Å². The van der Waals surface area contributed by atoms with Crippen LogP contribution in [0.1, 0.15) is 28.3 Å². The van der Waals surface area contributed by atoms with Crippen molar-refractivity contribution in [3.63, 3.8) is 0 Å². The number of anilines is 2. The van der Waals surface area contributed by atoms with Gasteiger partial charge in [-0.15, -0.1) is 0 Å². The van der Waals surface area contributed by atoms with Gasteiger partial charge in [-0.2, -0.15) is 0 Å². The average Bonchev–Trinajstić information content (AvgIpc) is 3.00. The summed E-state index contributed by atoms with van der Waals surface area (Å²) in [5.74, 6) is 1.08. The molecule has 0 fully saturated rings. The highest BCUT2D eigenvalue weighted by Crippen LogP contribution is 2.39. The molecule has 182 valence electrons. The quantitative estimate of drug-likeness (QED) is 0.523. The lowest BCUT2D eigenvalue weighted by Gasteiger charge is -2.31. The van der Waals surface area contributed by atoms with Crippen molar-refractivity contribution in [2.75, 3.05) is 31.9 Å². The number of nitrogens with zero attached hydrogens (tertiary/aromatic N) is 1. The summed E-state index contributed by atoms with van der Waals surface area (Å²) in [7, 11) is 3.13. The molecule has 2 amide bonds. The maximum Gasteiger partial charge on any atom is 0.261 e. The van der Waals surface area contributed by atoms with E-state index in [1.54, 1.807) is 50.6 Å². The summed E-state index contributed by atoms with van der Waals surface area (Å²) in [6, 6.07) is 15.2. The van der Waals surface area contributed by atoms with Gasteiger partial charge in [0.15, 0.2) is 6.61 Å². The highest BCUT2D eigenvalue weighted by molar-refractivity contribution is 5.99. The fourth-order valence-electron chi connectivity index (χ4n) is 4.25. The Labute approximate surface area is 204 Å². The number of nitrogens with one attached hydrogen (secondary N) is 1. The van der Waals surface area contributed by atoms with Crippen LogP contribution in [0.2, 0.25) is 0 Å². The number of rotatable bonds is 6. The topological polar surface area (TPSA) is 103 Å². The molecule has 3 aromatic carbocycles. The molecule has 0 aliphatic carbocycles. The fourth-order valence-corrected chi connectivity index (χ4v) is 4.25. The van der Waals surface area contributed by atoms with Gasteiger partial charge in [-0.05, 0) is 61.4 Å². The van der Waals surface area contributed by atoms with E-state index < -0.39 is 6.04 Å². The van der Waals surface area contributed by atoms with Crippen LogP contribution in [0, 0.1) is 13.8 Å². The van der Waals surface area contributed by atoms with Crippen molar-refractivity contribution >= 4 is 23.2 Å². The van der Waals surface area contributed by atoms with E-state index in [1.165, 1.54) is 4.90 Å². The van der Waals surface area contributed by atoms with Gasteiger partial charge in [0.05, 0.1) is 20.8 Å². The number of ether oxygens (including phenoxy) is 3. The molecule has 0 aromatic heterocycles. The van der Waals surface area contributed by atoms with Crippen molar-refractivity contribution in [1.29, 1.82) is 0 Å². The molecular formula is C27H29N3O5. The molecule has 8 nitrogen and oxygen atoms in total. The Kier molecular flexibility index (Phi) is 6.82. The SMILES string of the molecule is COc1ccc(CN2C(=O)COc3c(C)ccc(C)c3C2C(=O)Nc2ccc(N)cc2)c(OC)c1. The van der Waals surface area contributed by atoms with Gasteiger partial charge in [0, 0.05) is 28.6 Å². The molecule has 8 heteroatoms. The van der Waals surface area contributed by atoms with Gasteiger partial charge >= 0.3 is 0 Å². The second-order valence-electron chi connectivity index (χ2n) is 8.44. The first-order chi connectivity index (χ1) is 16.8. The van der Waals surface area contributed by atoms with Gasteiger partial charge in [-0.25, -0.2) is 0 Å². The first-order valence-electron chi connectivity index (χ1n) is 11.2. The molecule has 1 aliphatic rings. The molecule has 1 aliphatic heterocycles. The number of amides is 2. The van der Waals surface area contributed by atoms with Crippen LogP contribution in [0.15, 0.2) is 54.6 Å². The van der Waals surface area contributed by atoms with Crippen molar-refractivity contribution in [3.05, 3.63) is 76.9 Å². The van der Waals surface area contributed by atoms with Gasteiger partial charge in [-0.3, -0.25) is 9.59 Å². The van der Waals surface area contributed by atoms with E-state index in [1.807, 2.05) is 32.0 Å². The predicted octanol–water partition coefficient (Wildman–Crippen LogP) is 4.00. The Morgan fingerprint density at radius 2 is 1.77 bits per heavy atom. The lowest BCUT2D eigenvalue weighted by Crippen LogP contribution is -2.41. The lowest BCUT2D eigenvalue weighted by atomic mass is 9.95. The zero-order valence-electron chi connectivity index (χ0n) is 20.3. The Balaban J connectivity index is 1.80. The third kappa shape index (κ3) is 4.87. The summed E-state index contributed by atoms with van der Waals surface area (Å²) >= 11 is 0. The molecule has 3 N–H and O–H groups in total. The Hall–Kier alpha value is -4.20. The first-order valence-corrected chi connectivity index (χ1v) is 11.2. The van der Waals surface area contributed by atoms with Crippen molar-refractivity contribution in [3.8, 4) is 17.2 Å². The largest absolute Gasteiger partial charge is 0.497 e. The summed E-state index contributed by atoms with van der Waals surface area (Å²) in [5, 5.41) is 2.94. The zero-order valence-corrected chi connectivity index (χ0v) is 20.3. The van der Waals surface area contributed by atoms with E-state index in [2.05, 4.69) is 5.32 Å². The number of aryl methyl sites for hydroxylation is 2. The number of methoxy groups -OCH3 is 2. The molecule has 35 heavy (non-hydrogen) atoms. The van der Waals surface area contributed by atoms with Crippen LogP contribution in [0.3, 0.4) is 0 Å². The maximum atomic E-state index is 13.8. The number of nitrogens with two attached hydrogens (primary N) is 1. The summed E-state index contributed by atoms with van der Waals surface area (Å²) < 4.78 is 16.8. The summed E-state index contributed by atoms with van der Waals surface area (Å²) in [6.07, 6.45) is 0. The molecule has 4 rings (SSSR count). The molecule has 1 atom stereocenters. The van der Waals surface area contributed by atoms with Gasteiger partial charge < -0.3 is 30.2 Å². The zero-order chi connectivity index (χ0) is 25.1. The molecule has 0 radical (unpaired) electrons. The molecule has 1 heterocycles. The van der Waals surface area contributed by atoms with Gasteiger partial charge in [0.25, 0.3) is 11.8 Å². The second kappa shape index (κ2) is 9.97. The average molecular weight is 476 g/mol. The van der Waals surface area contributed by atoms with Crippen molar-refractivity contribution < 1.29 is 23.8 Å². The van der Waals surface area contributed by atoms with E-state index in [0.717, 1.165) is 16.7 Å². The van der Waals surface area contributed by atoms with Crippen molar-refractivity contribution in [2.24, 2.45) is 0 Å². The lowest BCUT2D eigenvalue weighted by molar-refractivity contribution is -0.140. The minimum Gasteiger partial charge on any atom is -0.497 e. The van der Waals surface area contributed by atoms with E-state index >= 15 is 0 Å². The van der Waals surface area contributed by atoms with Gasteiger partial charge in [0.2, 0.25) is 0 Å². The highest BCUT2D eigenvalue weighted by atomic mass is 16.5. The minimum absolute atomic E-state index is 0.141. The Bertz CT molecular complexity index is 1260. The first kappa shape index (κ1) is 23.9. The smallest absolute Gasteiger partial charge is 0.261 e. The minimum atomic E-state index is -0.927. The highest BCUT2D eigenvalue weighted by Gasteiger charge is 2.38. The number of carbonyl (C=O) groups is 2. The number of carbonyl (C=O) groups excluding carboxylic acids is 2. The van der Waals surface area contributed by atoms with E-state index in [0.29, 0.717) is 34.2 Å². The third-order valence-electron chi connectivity index (χ3n) is 6.12. The van der Waals surface area contributed by atoms with Crippen LogP contribution >= 0.6 is 0 Å². The predicted molar refractivity (Wildman–Crippen MR) is 134 cm³/mol. The standard InChI is InChI=1S/C27H29N3O5/c1-16-5-6-17(2)26-24(16)25(27(32)29-20-10-8-19(28)9-11-20)30(23(31)15-35-26)14-18-7-12-21(33-3)13-22(18)34-4/h5-13,25H,14-15,28H2,1-4H3,(H,29,32). The molecule has 0 saturated heterocycles. The number of hydrogen-bond donors (Lipinski definition) is 2. The Morgan fingerprint density at radius 3 is 2.46 bits per heavy atom. The molecule has 3 aromatic rings. The Morgan fingerprint density at radius 1 is 1.06 bits per heavy atom. The molecule has 0 bridgehead atoms. The number of nitrogen functional groups attached to an aromatic ring is 1. The summed E-state index contributed by atoms with van der Waals surface area (Å²) in [4.78, 5) is 28.7. The normalized spacial score (nSPS) is 15.0. The molecule has 1 unspecified atom stereocenters.